The lowest BCUT2D eigenvalue weighted by Crippen LogP contribution is -2.44. The standard InChI is InChI=1S/C12H21N3/c1-11-13(2)8-4-5-10-15(11)12-7-6-9-14(12)3/h6-7,9,11H,4-5,8,10H2,1-3H3. The van der Waals surface area contributed by atoms with Crippen LogP contribution in [0.15, 0.2) is 18.3 Å². The van der Waals surface area contributed by atoms with Crippen LogP contribution in [0.2, 0.25) is 0 Å². The molecule has 3 heteroatoms. The van der Waals surface area contributed by atoms with Gasteiger partial charge in [0.1, 0.15) is 5.82 Å². The molecule has 15 heavy (non-hydrogen) atoms. The summed E-state index contributed by atoms with van der Waals surface area (Å²) in [5, 5.41) is 0. The Morgan fingerprint density at radius 3 is 2.60 bits per heavy atom. The fourth-order valence-electron chi connectivity index (χ4n) is 2.31. The van der Waals surface area contributed by atoms with Gasteiger partial charge in [-0.25, -0.2) is 0 Å². The van der Waals surface area contributed by atoms with Crippen LogP contribution in [0.1, 0.15) is 19.8 Å². The van der Waals surface area contributed by atoms with E-state index in [9.17, 15) is 0 Å². The van der Waals surface area contributed by atoms with Crippen molar-refractivity contribution in [2.75, 3.05) is 25.0 Å². The Morgan fingerprint density at radius 1 is 1.20 bits per heavy atom. The van der Waals surface area contributed by atoms with Crippen molar-refractivity contribution in [2.24, 2.45) is 7.05 Å². The first-order valence-corrected chi connectivity index (χ1v) is 5.78. The molecule has 1 fully saturated rings. The summed E-state index contributed by atoms with van der Waals surface area (Å²) in [5.41, 5.74) is 0. The van der Waals surface area contributed by atoms with E-state index >= 15 is 0 Å². The van der Waals surface area contributed by atoms with Crippen LogP contribution in [0.5, 0.6) is 0 Å². The first-order valence-electron chi connectivity index (χ1n) is 5.78. The molecule has 3 nitrogen and oxygen atoms in total. The topological polar surface area (TPSA) is 11.4 Å². The van der Waals surface area contributed by atoms with Gasteiger partial charge in [-0.15, -0.1) is 0 Å². The molecule has 2 rings (SSSR count). The fourth-order valence-corrected chi connectivity index (χ4v) is 2.31. The number of hydrogen-bond acceptors (Lipinski definition) is 2. The molecule has 0 N–H and O–H groups in total. The molecule has 1 aliphatic heterocycles. The molecule has 1 atom stereocenters. The van der Waals surface area contributed by atoms with Crippen LogP contribution in [-0.4, -0.2) is 35.8 Å². The predicted octanol–water partition coefficient (Wildman–Crippen LogP) is 1.90. The first-order chi connectivity index (χ1) is 7.20. The van der Waals surface area contributed by atoms with E-state index < -0.39 is 0 Å². The van der Waals surface area contributed by atoms with E-state index in [1.54, 1.807) is 0 Å². The van der Waals surface area contributed by atoms with E-state index in [-0.39, 0.29) is 0 Å². The van der Waals surface area contributed by atoms with Gasteiger partial charge in [-0.2, -0.15) is 0 Å². The maximum atomic E-state index is 2.49. The molecule has 1 aromatic rings. The molecule has 1 aliphatic rings. The van der Waals surface area contributed by atoms with Gasteiger partial charge in [0.15, 0.2) is 0 Å². The van der Waals surface area contributed by atoms with Crippen molar-refractivity contribution in [3.63, 3.8) is 0 Å². The number of nitrogens with zero attached hydrogens (tertiary/aromatic N) is 3. The van der Waals surface area contributed by atoms with Crippen LogP contribution in [0.4, 0.5) is 5.82 Å². The van der Waals surface area contributed by atoms with Crippen molar-refractivity contribution in [3.8, 4) is 0 Å². The van der Waals surface area contributed by atoms with Gasteiger partial charge in [0.2, 0.25) is 0 Å². The molecule has 2 heterocycles. The summed E-state index contributed by atoms with van der Waals surface area (Å²) in [7, 11) is 4.33. The Labute approximate surface area is 92.3 Å². The molecule has 1 saturated heterocycles. The van der Waals surface area contributed by atoms with Gasteiger partial charge in [-0.3, -0.25) is 4.90 Å². The molecule has 0 aliphatic carbocycles. The number of rotatable bonds is 1. The predicted molar refractivity (Wildman–Crippen MR) is 64.1 cm³/mol. The number of aryl methyl sites for hydroxylation is 1. The SMILES string of the molecule is CC1N(C)CCCCN1c1cccn1C. The lowest BCUT2D eigenvalue weighted by Gasteiger charge is -2.34. The molecule has 0 aromatic carbocycles. The zero-order valence-electron chi connectivity index (χ0n) is 9.98. The molecule has 0 amide bonds. The van der Waals surface area contributed by atoms with E-state index in [0.717, 1.165) is 0 Å². The van der Waals surface area contributed by atoms with Crippen molar-refractivity contribution < 1.29 is 0 Å². The van der Waals surface area contributed by atoms with Crippen LogP contribution in [0.3, 0.4) is 0 Å². The molecule has 1 aromatic heterocycles. The third-order valence-electron chi connectivity index (χ3n) is 3.46. The summed E-state index contributed by atoms with van der Waals surface area (Å²) in [4.78, 5) is 4.92. The minimum atomic E-state index is 0.501. The summed E-state index contributed by atoms with van der Waals surface area (Å²) in [5.74, 6) is 1.33. The van der Waals surface area contributed by atoms with Gasteiger partial charge >= 0.3 is 0 Å². The zero-order chi connectivity index (χ0) is 10.8. The molecular weight excluding hydrogens is 186 g/mol. The summed E-state index contributed by atoms with van der Waals surface area (Å²) < 4.78 is 2.20. The largest absolute Gasteiger partial charge is 0.343 e. The van der Waals surface area contributed by atoms with Gasteiger partial charge in [0, 0.05) is 19.8 Å². The van der Waals surface area contributed by atoms with E-state index in [0.29, 0.717) is 6.17 Å². The average Bonchev–Trinajstić information content (AvgIpc) is 2.56. The molecule has 84 valence electrons. The van der Waals surface area contributed by atoms with Crippen LogP contribution in [0.25, 0.3) is 0 Å². The number of hydrogen-bond donors (Lipinski definition) is 0. The van der Waals surface area contributed by atoms with Crippen molar-refractivity contribution in [2.45, 2.75) is 25.9 Å². The second kappa shape index (κ2) is 4.27. The summed E-state index contributed by atoms with van der Waals surface area (Å²) in [6, 6.07) is 4.32. The monoisotopic (exact) mass is 207 g/mol. The smallest absolute Gasteiger partial charge is 0.109 e. The minimum Gasteiger partial charge on any atom is -0.343 e. The van der Waals surface area contributed by atoms with E-state index in [1.165, 1.54) is 31.7 Å². The van der Waals surface area contributed by atoms with Crippen LogP contribution in [0, 0.1) is 0 Å². The fraction of sp³-hybridized carbons (Fsp3) is 0.667. The summed E-state index contributed by atoms with van der Waals surface area (Å²) in [6.45, 7) is 4.67. The maximum absolute atomic E-state index is 2.49. The first kappa shape index (κ1) is 10.6. The lowest BCUT2D eigenvalue weighted by molar-refractivity contribution is 0.265. The number of aromatic nitrogens is 1. The molecule has 0 bridgehead atoms. The molecule has 0 spiro atoms. The molecule has 0 saturated carbocycles. The second-order valence-electron chi connectivity index (χ2n) is 4.49. The summed E-state index contributed by atoms with van der Waals surface area (Å²) >= 11 is 0. The molecule has 0 radical (unpaired) electrons. The summed E-state index contributed by atoms with van der Waals surface area (Å²) in [6.07, 6.45) is 5.22. The van der Waals surface area contributed by atoms with Gasteiger partial charge in [-0.05, 0) is 45.5 Å². The van der Waals surface area contributed by atoms with Crippen LogP contribution < -0.4 is 4.90 Å². The zero-order valence-corrected chi connectivity index (χ0v) is 9.98. The maximum Gasteiger partial charge on any atom is 0.109 e. The molecular formula is C12H21N3. The van der Waals surface area contributed by atoms with Gasteiger partial charge in [0.25, 0.3) is 0 Å². The highest BCUT2D eigenvalue weighted by Gasteiger charge is 2.22. The Morgan fingerprint density at radius 2 is 1.93 bits per heavy atom. The number of anilines is 1. The lowest BCUT2D eigenvalue weighted by atomic mass is 10.3. The van der Waals surface area contributed by atoms with E-state index in [1.807, 2.05) is 0 Å². The van der Waals surface area contributed by atoms with Crippen molar-refractivity contribution in [3.05, 3.63) is 18.3 Å². The van der Waals surface area contributed by atoms with E-state index in [2.05, 4.69) is 53.7 Å². The third kappa shape index (κ3) is 2.02. The highest BCUT2D eigenvalue weighted by molar-refractivity contribution is 5.41. The third-order valence-corrected chi connectivity index (χ3v) is 3.46. The van der Waals surface area contributed by atoms with Crippen molar-refractivity contribution in [1.82, 2.24) is 9.47 Å². The Bertz CT molecular complexity index is 318. The van der Waals surface area contributed by atoms with Crippen LogP contribution >= 0.6 is 0 Å². The Kier molecular flexibility index (Phi) is 3.00. The van der Waals surface area contributed by atoms with Gasteiger partial charge < -0.3 is 9.47 Å². The van der Waals surface area contributed by atoms with Gasteiger partial charge in [0.05, 0.1) is 6.17 Å². The van der Waals surface area contributed by atoms with Gasteiger partial charge in [-0.1, -0.05) is 0 Å². The van der Waals surface area contributed by atoms with Crippen molar-refractivity contribution >= 4 is 5.82 Å². The average molecular weight is 207 g/mol. The van der Waals surface area contributed by atoms with Crippen molar-refractivity contribution in [1.29, 1.82) is 0 Å². The van der Waals surface area contributed by atoms with E-state index in [4.69, 9.17) is 0 Å². The quantitative estimate of drug-likeness (QED) is 0.697. The highest BCUT2D eigenvalue weighted by atomic mass is 15.4. The second-order valence-corrected chi connectivity index (χ2v) is 4.49. The van der Waals surface area contributed by atoms with Crippen LogP contribution in [-0.2, 0) is 7.05 Å². The normalized spacial score (nSPS) is 24.2. The Hall–Kier alpha value is -0.960. The minimum absolute atomic E-state index is 0.501. The highest BCUT2D eigenvalue weighted by Crippen LogP contribution is 2.21. The molecule has 1 unspecified atom stereocenters. The Balaban J connectivity index is 2.23.